The molecule has 0 atom stereocenters. The molecule has 2 aromatic heterocycles. The van der Waals surface area contributed by atoms with Gasteiger partial charge in [0.25, 0.3) is 5.91 Å². The molecule has 1 aromatic carbocycles. The zero-order valence-corrected chi connectivity index (χ0v) is 15.5. The summed E-state index contributed by atoms with van der Waals surface area (Å²) >= 11 is 0. The van der Waals surface area contributed by atoms with Gasteiger partial charge in [-0.25, -0.2) is 10.1 Å². The van der Waals surface area contributed by atoms with Crippen LogP contribution in [0.3, 0.4) is 0 Å². The molecule has 0 saturated carbocycles. The van der Waals surface area contributed by atoms with Crippen LogP contribution >= 0.6 is 0 Å². The fourth-order valence-electron chi connectivity index (χ4n) is 2.49. The number of nitrogen functional groups attached to an aromatic ring is 1. The summed E-state index contributed by atoms with van der Waals surface area (Å²) in [7, 11) is 3.75. The van der Waals surface area contributed by atoms with Gasteiger partial charge in [-0.05, 0) is 10.3 Å². The van der Waals surface area contributed by atoms with Crippen molar-refractivity contribution < 1.29 is 24.2 Å². The highest BCUT2D eigenvalue weighted by Crippen LogP contribution is 2.15. The van der Waals surface area contributed by atoms with Crippen LogP contribution in [0.4, 0.5) is 5.82 Å². The van der Waals surface area contributed by atoms with Crippen molar-refractivity contribution in [3.63, 3.8) is 0 Å². The SMILES string of the molecule is C[NH+](C)Cc1c(C(=O)N/N=C\c2ccccc2C(=O)[O-])nnn1-c1nonc1N. The van der Waals surface area contributed by atoms with Gasteiger partial charge >= 0.3 is 0 Å². The van der Waals surface area contributed by atoms with Crippen LogP contribution in [0.1, 0.15) is 32.1 Å². The number of amides is 1. The molecule has 29 heavy (non-hydrogen) atoms. The third-order valence-electron chi connectivity index (χ3n) is 3.75. The first kappa shape index (κ1) is 19.6. The lowest BCUT2D eigenvalue weighted by Gasteiger charge is -2.09. The Bertz CT molecular complexity index is 1070. The Morgan fingerprint density at radius 2 is 2.10 bits per heavy atom. The summed E-state index contributed by atoms with van der Waals surface area (Å²) < 4.78 is 5.84. The van der Waals surface area contributed by atoms with E-state index in [4.69, 9.17) is 5.73 Å². The Morgan fingerprint density at radius 1 is 1.34 bits per heavy atom. The van der Waals surface area contributed by atoms with Gasteiger partial charge in [-0.15, -0.1) is 5.10 Å². The Balaban J connectivity index is 1.85. The van der Waals surface area contributed by atoms with Crippen molar-refractivity contribution >= 4 is 23.9 Å². The largest absolute Gasteiger partial charge is 0.545 e. The van der Waals surface area contributed by atoms with E-state index in [1.54, 1.807) is 12.1 Å². The molecule has 150 valence electrons. The van der Waals surface area contributed by atoms with Gasteiger partial charge in [0.05, 0.1) is 26.3 Å². The van der Waals surface area contributed by atoms with E-state index >= 15 is 0 Å². The predicted octanol–water partition coefficient (Wildman–Crippen LogP) is -3.00. The van der Waals surface area contributed by atoms with Crippen molar-refractivity contribution in [2.24, 2.45) is 5.10 Å². The number of nitrogens with zero attached hydrogens (tertiary/aromatic N) is 6. The summed E-state index contributed by atoms with van der Waals surface area (Å²) in [5, 5.41) is 29.9. The van der Waals surface area contributed by atoms with E-state index in [1.807, 2.05) is 14.1 Å². The molecule has 13 nitrogen and oxygen atoms in total. The second-order valence-electron chi connectivity index (χ2n) is 6.23. The molecule has 0 aliphatic heterocycles. The lowest BCUT2D eigenvalue weighted by atomic mass is 10.1. The summed E-state index contributed by atoms with van der Waals surface area (Å²) in [6.07, 6.45) is 1.20. The Kier molecular flexibility index (Phi) is 5.59. The van der Waals surface area contributed by atoms with Crippen LogP contribution in [0.5, 0.6) is 0 Å². The molecule has 0 aliphatic carbocycles. The first-order valence-electron chi connectivity index (χ1n) is 8.34. The number of hydrazone groups is 1. The van der Waals surface area contributed by atoms with Gasteiger partial charge in [0.2, 0.25) is 11.6 Å². The number of hydrogen-bond donors (Lipinski definition) is 3. The van der Waals surface area contributed by atoms with Crippen molar-refractivity contribution in [2.45, 2.75) is 6.54 Å². The maximum Gasteiger partial charge on any atom is 0.294 e. The molecular formula is C16H17N9O4. The molecule has 0 bridgehead atoms. The first-order valence-corrected chi connectivity index (χ1v) is 8.34. The molecule has 0 aliphatic rings. The highest BCUT2D eigenvalue weighted by molar-refractivity contribution is 5.98. The molecule has 3 rings (SSSR count). The summed E-state index contributed by atoms with van der Waals surface area (Å²) in [5.41, 5.74) is 8.63. The number of nitrogens with two attached hydrogens (primary N) is 1. The van der Waals surface area contributed by atoms with Crippen LogP contribution in [0.2, 0.25) is 0 Å². The van der Waals surface area contributed by atoms with Gasteiger partial charge in [-0.1, -0.05) is 29.5 Å². The molecule has 0 radical (unpaired) electrons. The van der Waals surface area contributed by atoms with Crippen LogP contribution in [0, 0.1) is 0 Å². The number of hydrogen-bond acceptors (Lipinski definition) is 10. The van der Waals surface area contributed by atoms with Gasteiger partial charge in [-0.3, -0.25) is 4.79 Å². The number of quaternary nitrogens is 1. The molecule has 4 N–H and O–H groups in total. The molecule has 0 unspecified atom stereocenters. The molecule has 1 amide bonds. The van der Waals surface area contributed by atoms with Gasteiger partial charge in [0.15, 0.2) is 5.69 Å². The summed E-state index contributed by atoms with van der Waals surface area (Å²) in [5.74, 6) is -1.89. The average Bonchev–Trinajstić information content (AvgIpc) is 3.27. The van der Waals surface area contributed by atoms with E-state index < -0.39 is 11.9 Å². The van der Waals surface area contributed by atoms with E-state index in [0.717, 1.165) is 4.90 Å². The zero-order valence-electron chi connectivity index (χ0n) is 15.5. The minimum atomic E-state index is -1.35. The van der Waals surface area contributed by atoms with E-state index in [1.165, 1.54) is 23.0 Å². The molecule has 13 heteroatoms. The van der Waals surface area contributed by atoms with Crippen molar-refractivity contribution in [2.75, 3.05) is 19.8 Å². The van der Waals surface area contributed by atoms with Crippen LogP contribution < -0.4 is 21.2 Å². The summed E-state index contributed by atoms with van der Waals surface area (Å²) in [4.78, 5) is 24.6. The summed E-state index contributed by atoms with van der Waals surface area (Å²) in [6, 6.07) is 6.09. The van der Waals surface area contributed by atoms with Crippen molar-refractivity contribution in [3.8, 4) is 5.82 Å². The zero-order chi connectivity index (χ0) is 21.0. The third kappa shape index (κ3) is 4.24. The van der Waals surface area contributed by atoms with Crippen LogP contribution in [-0.2, 0) is 6.54 Å². The summed E-state index contributed by atoms with van der Waals surface area (Å²) in [6.45, 7) is 0.360. The van der Waals surface area contributed by atoms with E-state index in [0.29, 0.717) is 12.2 Å². The fourth-order valence-corrected chi connectivity index (χ4v) is 2.49. The maximum absolute atomic E-state index is 12.6. The normalized spacial score (nSPS) is 11.3. The van der Waals surface area contributed by atoms with Crippen LogP contribution in [0.25, 0.3) is 5.82 Å². The number of rotatable bonds is 7. The Hall–Kier alpha value is -4.13. The van der Waals surface area contributed by atoms with Crippen molar-refractivity contribution in [3.05, 3.63) is 46.8 Å². The number of anilines is 1. The number of carbonyl (C=O) groups excluding carboxylic acids is 2. The van der Waals surface area contributed by atoms with Crippen molar-refractivity contribution in [1.29, 1.82) is 0 Å². The number of benzene rings is 1. The maximum atomic E-state index is 12.6. The highest BCUT2D eigenvalue weighted by Gasteiger charge is 2.25. The number of aromatic nitrogens is 5. The number of carbonyl (C=O) groups is 2. The molecule has 0 saturated heterocycles. The average molecular weight is 399 g/mol. The van der Waals surface area contributed by atoms with E-state index in [-0.39, 0.29) is 28.5 Å². The lowest BCUT2D eigenvalue weighted by molar-refractivity contribution is -0.873. The van der Waals surface area contributed by atoms with Crippen LogP contribution in [-0.4, -0.2) is 57.5 Å². The standard InChI is InChI=1S/C16H17N9O4/c1-24(2)8-11-12(19-23-25(11)14-13(17)21-29-22-14)15(26)20-18-7-9-5-3-4-6-10(9)16(27)28/h3-7H,8H2,1-2H3,(H2,17,21)(H,20,26)(H,27,28)/b18-7-. The topological polar surface area (TPSA) is 182 Å². The van der Waals surface area contributed by atoms with Gasteiger partial charge in [0.1, 0.15) is 12.2 Å². The van der Waals surface area contributed by atoms with Gasteiger partial charge in [-0.2, -0.15) is 9.78 Å². The fraction of sp³-hybridized carbons (Fsp3) is 0.188. The number of aromatic carboxylic acids is 1. The molecule has 3 aromatic rings. The minimum absolute atomic E-state index is 0.000985. The molecule has 0 spiro atoms. The first-order chi connectivity index (χ1) is 13.9. The van der Waals surface area contributed by atoms with Gasteiger partial charge < -0.3 is 20.5 Å². The number of carboxylic acids is 1. The lowest BCUT2D eigenvalue weighted by Crippen LogP contribution is -3.04. The number of nitrogens with one attached hydrogen (secondary N) is 2. The highest BCUT2D eigenvalue weighted by atomic mass is 16.6. The Labute approximate surface area is 163 Å². The predicted molar refractivity (Wildman–Crippen MR) is 96.0 cm³/mol. The number of carboxylic acid groups (broad SMARTS) is 1. The molecule has 0 fully saturated rings. The van der Waals surface area contributed by atoms with Crippen LogP contribution in [0.15, 0.2) is 34.0 Å². The third-order valence-corrected chi connectivity index (χ3v) is 3.75. The monoisotopic (exact) mass is 399 g/mol. The second-order valence-corrected chi connectivity index (χ2v) is 6.23. The van der Waals surface area contributed by atoms with E-state index in [9.17, 15) is 14.7 Å². The minimum Gasteiger partial charge on any atom is -0.545 e. The van der Waals surface area contributed by atoms with E-state index in [2.05, 4.69) is 35.8 Å². The van der Waals surface area contributed by atoms with Gasteiger partial charge in [0, 0.05) is 11.1 Å². The quantitative estimate of drug-likeness (QED) is 0.275. The van der Waals surface area contributed by atoms with Crippen molar-refractivity contribution in [1.82, 2.24) is 30.7 Å². The molecule has 2 heterocycles. The second kappa shape index (κ2) is 8.26. The molecular weight excluding hydrogens is 382 g/mol. The smallest absolute Gasteiger partial charge is 0.294 e. The Morgan fingerprint density at radius 3 is 2.76 bits per heavy atom.